The van der Waals surface area contributed by atoms with Crippen LogP contribution in [0.3, 0.4) is 0 Å². The first kappa shape index (κ1) is 18.1. The Balaban J connectivity index is 1.58. The van der Waals surface area contributed by atoms with Crippen molar-refractivity contribution in [2.24, 2.45) is 0 Å². The quantitative estimate of drug-likeness (QED) is 0.339. The lowest BCUT2D eigenvalue weighted by molar-refractivity contribution is 0.0324. The number of nitrogens with zero attached hydrogens (tertiary/aromatic N) is 1. The zero-order chi connectivity index (χ0) is 20.7. The third-order valence-corrected chi connectivity index (χ3v) is 5.28. The van der Waals surface area contributed by atoms with E-state index in [1.807, 2.05) is 54.6 Å². The van der Waals surface area contributed by atoms with Gasteiger partial charge in [0.25, 0.3) is 5.56 Å². The molecule has 5 nitrogen and oxygen atoms in total. The van der Waals surface area contributed by atoms with Crippen molar-refractivity contribution in [3.8, 4) is 0 Å². The van der Waals surface area contributed by atoms with E-state index in [1.165, 1.54) is 0 Å². The number of aromatic nitrogens is 2. The molecule has 5 rings (SSSR count). The van der Waals surface area contributed by atoms with Crippen LogP contribution in [0.25, 0.3) is 32.4 Å². The molecule has 0 amide bonds. The highest BCUT2D eigenvalue weighted by Crippen LogP contribution is 2.30. The fraction of sp³-hybridized carbons (Fsp3) is 0.0800. The Labute approximate surface area is 172 Å². The number of nitrogens with one attached hydrogen (secondary N) is 1. The molecule has 1 atom stereocenters. The Bertz CT molecular complexity index is 1430. The fourth-order valence-corrected chi connectivity index (χ4v) is 3.81. The number of hydrogen-bond donors (Lipinski definition) is 1. The number of fused-ring (bicyclic) bond motifs is 3. The van der Waals surface area contributed by atoms with Crippen LogP contribution in [0.15, 0.2) is 83.7 Å². The van der Waals surface area contributed by atoms with E-state index in [0.29, 0.717) is 22.3 Å². The van der Waals surface area contributed by atoms with E-state index >= 15 is 0 Å². The van der Waals surface area contributed by atoms with Crippen LogP contribution in [0.4, 0.5) is 0 Å². The second kappa shape index (κ2) is 7.12. The standard InChI is InChI=1S/C25H18N2O3/c1-15(23-26-21-13-7-6-12-20(21)24(28)27-23)30-25(29)22-18-10-4-2-8-16(18)14-17-9-3-5-11-19(17)22/h2-15H,1H3,(H,26,27,28)/t15-/m0/s1. The fourth-order valence-electron chi connectivity index (χ4n) is 3.81. The van der Waals surface area contributed by atoms with Crippen molar-refractivity contribution in [1.29, 1.82) is 0 Å². The third kappa shape index (κ3) is 3.01. The molecule has 0 aliphatic heterocycles. The monoisotopic (exact) mass is 394 g/mol. The summed E-state index contributed by atoms with van der Waals surface area (Å²) < 4.78 is 5.77. The number of esters is 1. The topological polar surface area (TPSA) is 72.0 Å². The molecule has 30 heavy (non-hydrogen) atoms. The molecule has 1 aromatic heterocycles. The highest BCUT2D eigenvalue weighted by Gasteiger charge is 2.21. The van der Waals surface area contributed by atoms with Crippen LogP contribution in [0.1, 0.15) is 29.2 Å². The number of rotatable bonds is 3. The van der Waals surface area contributed by atoms with E-state index in [2.05, 4.69) is 16.0 Å². The van der Waals surface area contributed by atoms with Crippen molar-refractivity contribution < 1.29 is 9.53 Å². The van der Waals surface area contributed by atoms with Crippen LogP contribution in [0, 0.1) is 0 Å². The molecule has 5 aromatic rings. The van der Waals surface area contributed by atoms with Crippen LogP contribution in [0.5, 0.6) is 0 Å². The molecular formula is C25H18N2O3. The van der Waals surface area contributed by atoms with Gasteiger partial charge in [0.15, 0.2) is 11.9 Å². The van der Waals surface area contributed by atoms with Gasteiger partial charge in [0.1, 0.15) is 0 Å². The molecule has 0 unspecified atom stereocenters. The van der Waals surface area contributed by atoms with Crippen LogP contribution < -0.4 is 5.56 Å². The molecule has 146 valence electrons. The van der Waals surface area contributed by atoms with E-state index in [-0.39, 0.29) is 5.56 Å². The highest BCUT2D eigenvalue weighted by molar-refractivity contribution is 6.16. The van der Waals surface area contributed by atoms with E-state index in [0.717, 1.165) is 21.5 Å². The second-order valence-electron chi connectivity index (χ2n) is 7.21. The number of ether oxygens (including phenoxy) is 1. The van der Waals surface area contributed by atoms with E-state index in [4.69, 9.17) is 4.74 Å². The summed E-state index contributed by atoms with van der Waals surface area (Å²) in [6, 6.07) is 24.6. The Kier molecular flexibility index (Phi) is 4.29. The van der Waals surface area contributed by atoms with Gasteiger partial charge in [-0.15, -0.1) is 0 Å². The predicted molar refractivity (Wildman–Crippen MR) is 118 cm³/mol. The summed E-state index contributed by atoms with van der Waals surface area (Å²) in [5.41, 5.74) is 0.822. The number of hydrogen-bond acceptors (Lipinski definition) is 4. The molecule has 0 aliphatic rings. The summed E-state index contributed by atoms with van der Waals surface area (Å²) in [6.45, 7) is 1.71. The molecule has 0 fully saturated rings. The Morgan fingerprint density at radius 3 is 2.10 bits per heavy atom. The van der Waals surface area contributed by atoms with Gasteiger partial charge in [0, 0.05) is 0 Å². The Morgan fingerprint density at radius 1 is 0.867 bits per heavy atom. The molecule has 0 saturated heterocycles. The van der Waals surface area contributed by atoms with Gasteiger partial charge < -0.3 is 9.72 Å². The molecule has 1 N–H and O–H groups in total. The average molecular weight is 394 g/mol. The minimum absolute atomic E-state index is 0.255. The largest absolute Gasteiger partial charge is 0.451 e. The number of para-hydroxylation sites is 1. The van der Waals surface area contributed by atoms with Gasteiger partial charge in [0.05, 0.1) is 16.5 Å². The van der Waals surface area contributed by atoms with Gasteiger partial charge >= 0.3 is 5.97 Å². The van der Waals surface area contributed by atoms with Crippen molar-refractivity contribution in [3.05, 3.63) is 101 Å². The van der Waals surface area contributed by atoms with Gasteiger partial charge in [-0.2, -0.15) is 0 Å². The van der Waals surface area contributed by atoms with Crippen molar-refractivity contribution in [3.63, 3.8) is 0 Å². The summed E-state index contributed by atoms with van der Waals surface area (Å²) in [6.07, 6.45) is -0.715. The summed E-state index contributed by atoms with van der Waals surface area (Å²) in [5, 5.41) is 4.09. The van der Waals surface area contributed by atoms with Crippen LogP contribution in [0.2, 0.25) is 0 Å². The van der Waals surface area contributed by atoms with Gasteiger partial charge in [-0.1, -0.05) is 60.7 Å². The van der Waals surface area contributed by atoms with E-state index in [1.54, 1.807) is 25.1 Å². The molecular weight excluding hydrogens is 376 g/mol. The summed E-state index contributed by atoms with van der Waals surface area (Å²) in [5.74, 6) is -0.136. The molecule has 0 saturated carbocycles. The first-order valence-electron chi connectivity index (χ1n) is 9.72. The maximum absolute atomic E-state index is 13.3. The minimum atomic E-state index is -0.715. The molecule has 4 aromatic carbocycles. The molecule has 0 aliphatic carbocycles. The van der Waals surface area contributed by atoms with Gasteiger partial charge in [-0.25, -0.2) is 9.78 Å². The number of benzene rings is 4. The zero-order valence-electron chi connectivity index (χ0n) is 16.3. The lowest BCUT2D eigenvalue weighted by Gasteiger charge is -2.16. The maximum Gasteiger partial charge on any atom is 0.340 e. The molecule has 0 radical (unpaired) electrons. The normalized spacial score (nSPS) is 12.3. The van der Waals surface area contributed by atoms with Crippen LogP contribution >= 0.6 is 0 Å². The molecule has 0 spiro atoms. The minimum Gasteiger partial charge on any atom is -0.451 e. The average Bonchev–Trinajstić information content (AvgIpc) is 2.77. The van der Waals surface area contributed by atoms with E-state index in [9.17, 15) is 9.59 Å². The number of carbonyl (C=O) groups is 1. The van der Waals surface area contributed by atoms with Crippen molar-refractivity contribution >= 4 is 38.4 Å². The third-order valence-electron chi connectivity index (χ3n) is 5.28. The zero-order valence-corrected chi connectivity index (χ0v) is 16.3. The lowest BCUT2D eigenvalue weighted by Crippen LogP contribution is -2.17. The van der Waals surface area contributed by atoms with Crippen LogP contribution in [-0.2, 0) is 4.74 Å². The molecule has 0 bridgehead atoms. The second-order valence-corrected chi connectivity index (χ2v) is 7.21. The summed E-state index contributed by atoms with van der Waals surface area (Å²) >= 11 is 0. The SMILES string of the molecule is C[C@H](OC(=O)c1c2ccccc2cc2ccccc12)c1nc2ccccc2c(=O)[nH]1. The number of carbonyl (C=O) groups excluding carboxylic acids is 1. The maximum atomic E-state index is 13.3. The van der Waals surface area contributed by atoms with Crippen molar-refractivity contribution in [1.82, 2.24) is 9.97 Å². The highest BCUT2D eigenvalue weighted by atomic mass is 16.5. The van der Waals surface area contributed by atoms with E-state index < -0.39 is 12.1 Å². The predicted octanol–water partition coefficient (Wildman–Crippen LogP) is 5.15. The molecule has 1 heterocycles. The first-order valence-corrected chi connectivity index (χ1v) is 9.72. The Morgan fingerprint density at radius 2 is 1.43 bits per heavy atom. The first-order chi connectivity index (χ1) is 14.6. The van der Waals surface area contributed by atoms with Crippen LogP contribution in [-0.4, -0.2) is 15.9 Å². The number of H-pyrrole nitrogens is 1. The van der Waals surface area contributed by atoms with Gasteiger partial charge in [-0.05, 0) is 46.7 Å². The van der Waals surface area contributed by atoms with Crippen molar-refractivity contribution in [2.45, 2.75) is 13.0 Å². The number of aromatic amines is 1. The molecule has 5 heteroatoms. The van der Waals surface area contributed by atoms with Crippen molar-refractivity contribution in [2.75, 3.05) is 0 Å². The summed E-state index contributed by atoms with van der Waals surface area (Å²) in [7, 11) is 0. The van der Waals surface area contributed by atoms with Gasteiger partial charge in [0.2, 0.25) is 0 Å². The lowest BCUT2D eigenvalue weighted by atomic mass is 9.97. The van der Waals surface area contributed by atoms with Gasteiger partial charge in [-0.3, -0.25) is 4.79 Å². The Hall–Kier alpha value is -3.99. The smallest absolute Gasteiger partial charge is 0.340 e. The summed E-state index contributed by atoms with van der Waals surface area (Å²) in [4.78, 5) is 32.8.